The average molecular weight is 525 g/mol. The van der Waals surface area contributed by atoms with Crippen molar-refractivity contribution in [3.63, 3.8) is 0 Å². The molecule has 0 aliphatic carbocycles. The molecule has 3 nitrogen and oxygen atoms in total. The van der Waals surface area contributed by atoms with Crippen molar-refractivity contribution in [2.45, 2.75) is 45.1 Å². The van der Waals surface area contributed by atoms with E-state index in [4.69, 9.17) is 0 Å². The fraction of sp³-hybridized carbons (Fsp3) is 0.143. The Labute approximate surface area is 216 Å². The average Bonchev–Trinajstić information content (AvgIpc) is 2.85. The molecule has 1 heterocycles. The Bertz CT molecular complexity index is 1270. The smallest absolute Gasteiger partial charge is 0.341 e. The summed E-state index contributed by atoms with van der Waals surface area (Å²) < 4.78 is 41.8. The molecule has 184 valence electrons. The number of benzene rings is 3. The maximum Gasteiger partial charge on any atom is 0.416 e. The van der Waals surface area contributed by atoms with Crippen LogP contribution in [0.5, 0.6) is 0 Å². The van der Waals surface area contributed by atoms with Crippen LogP contribution in [0.2, 0.25) is 0 Å². The number of hydrogen-bond acceptors (Lipinski definition) is 4. The van der Waals surface area contributed by atoms with Gasteiger partial charge in [0.25, 0.3) is 5.91 Å². The van der Waals surface area contributed by atoms with Crippen molar-refractivity contribution in [3.8, 4) is 0 Å². The van der Waals surface area contributed by atoms with E-state index in [0.29, 0.717) is 5.69 Å². The maximum absolute atomic E-state index is 13.9. The van der Waals surface area contributed by atoms with Crippen molar-refractivity contribution < 1.29 is 18.0 Å². The lowest BCUT2D eigenvalue weighted by atomic mass is 9.99. The van der Waals surface area contributed by atoms with E-state index >= 15 is 0 Å². The summed E-state index contributed by atoms with van der Waals surface area (Å²) >= 11 is 2.26. The molecule has 0 spiro atoms. The van der Waals surface area contributed by atoms with Crippen LogP contribution in [-0.2, 0) is 11.7 Å². The molecule has 8 heteroatoms. The Kier molecular flexibility index (Phi) is 7.76. The van der Waals surface area contributed by atoms with Gasteiger partial charge in [-0.3, -0.25) is 9.78 Å². The first-order valence-electron chi connectivity index (χ1n) is 11.1. The van der Waals surface area contributed by atoms with Gasteiger partial charge in [-0.2, -0.15) is 13.2 Å². The minimum absolute atomic E-state index is 0.190. The molecule has 0 bridgehead atoms. The Morgan fingerprint density at radius 3 is 1.72 bits per heavy atom. The summed E-state index contributed by atoms with van der Waals surface area (Å²) in [6.07, 6.45) is -2.94. The summed E-state index contributed by atoms with van der Waals surface area (Å²) in [4.78, 5) is 20.0. The van der Waals surface area contributed by atoms with Crippen molar-refractivity contribution in [2.75, 3.05) is 0 Å². The highest BCUT2D eigenvalue weighted by Gasteiger charge is 2.35. The number of rotatable bonds is 7. The predicted molar refractivity (Wildman–Crippen MR) is 137 cm³/mol. The van der Waals surface area contributed by atoms with Crippen LogP contribution in [-0.4, -0.2) is 10.9 Å². The minimum atomic E-state index is -4.57. The Morgan fingerprint density at radius 2 is 1.28 bits per heavy atom. The van der Waals surface area contributed by atoms with E-state index in [1.165, 1.54) is 0 Å². The maximum atomic E-state index is 13.9. The number of aromatic nitrogens is 1. The Morgan fingerprint density at radius 1 is 0.778 bits per heavy atom. The number of nitrogens with one attached hydrogen (secondary N) is 1. The molecular weight excluding hydrogens is 501 g/mol. The van der Waals surface area contributed by atoms with E-state index < -0.39 is 23.2 Å². The molecule has 0 saturated carbocycles. The molecule has 1 N–H and O–H groups in total. The van der Waals surface area contributed by atoms with Crippen LogP contribution in [0, 0.1) is 0 Å². The molecule has 0 unspecified atom stereocenters. The second-order valence-corrected chi connectivity index (χ2v) is 10.7. The SMILES string of the molecule is CC(C)(NC(=O)c1c(Sc2ccccc2)cc(C(F)(F)F)cc1Sc1ccccc1)c1ccccn1. The quantitative estimate of drug-likeness (QED) is 0.265. The molecule has 0 aliphatic heterocycles. The molecule has 1 amide bonds. The van der Waals surface area contributed by atoms with Crippen LogP contribution in [0.1, 0.15) is 35.5 Å². The summed E-state index contributed by atoms with van der Waals surface area (Å²) in [7, 11) is 0. The van der Waals surface area contributed by atoms with Gasteiger partial charge in [-0.05, 0) is 62.4 Å². The topological polar surface area (TPSA) is 42.0 Å². The van der Waals surface area contributed by atoms with Crippen molar-refractivity contribution in [2.24, 2.45) is 0 Å². The summed E-state index contributed by atoms with van der Waals surface area (Å²) in [6.45, 7) is 3.62. The highest BCUT2D eigenvalue weighted by molar-refractivity contribution is 8.00. The van der Waals surface area contributed by atoms with Gasteiger partial charge in [0.2, 0.25) is 0 Å². The lowest BCUT2D eigenvalue weighted by molar-refractivity contribution is -0.137. The van der Waals surface area contributed by atoms with Crippen molar-refractivity contribution in [1.82, 2.24) is 10.3 Å². The van der Waals surface area contributed by atoms with Gasteiger partial charge in [0, 0.05) is 25.8 Å². The van der Waals surface area contributed by atoms with Crippen LogP contribution in [0.15, 0.2) is 117 Å². The van der Waals surface area contributed by atoms with E-state index in [1.54, 1.807) is 66.9 Å². The zero-order valence-corrected chi connectivity index (χ0v) is 21.2. The number of nitrogens with zero attached hydrogens (tertiary/aromatic N) is 1. The number of amides is 1. The first-order valence-corrected chi connectivity index (χ1v) is 12.7. The predicted octanol–water partition coefficient (Wildman–Crippen LogP) is 8.07. The number of carbonyl (C=O) groups excluding carboxylic acids is 1. The first-order chi connectivity index (χ1) is 17.1. The molecular formula is C28H23F3N2OS2. The van der Waals surface area contributed by atoms with Gasteiger partial charge in [0.05, 0.1) is 22.4 Å². The van der Waals surface area contributed by atoms with Gasteiger partial charge in [0.15, 0.2) is 0 Å². The highest BCUT2D eigenvalue weighted by atomic mass is 32.2. The monoisotopic (exact) mass is 524 g/mol. The fourth-order valence-electron chi connectivity index (χ4n) is 3.51. The fourth-order valence-corrected chi connectivity index (χ4v) is 5.65. The highest BCUT2D eigenvalue weighted by Crippen LogP contribution is 2.43. The number of carbonyl (C=O) groups is 1. The van der Waals surface area contributed by atoms with Crippen molar-refractivity contribution in [1.29, 1.82) is 0 Å². The summed E-state index contributed by atoms with van der Waals surface area (Å²) in [5.74, 6) is -0.476. The molecule has 0 atom stereocenters. The summed E-state index contributed by atoms with van der Waals surface area (Å²) in [5, 5.41) is 2.99. The number of hydrogen-bond donors (Lipinski definition) is 1. The van der Waals surface area contributed by atoms with Gasteiger partial charge in [-0.25, -0.2) is 0 Å². The number of pyridine rings is 1. The van der Waals surface area contributed by atoms with Crippen molar-refractivity contribution >= 4 is 29.4 Å². The van der Waals surface area contributed by atoms with Gasteiger partial charge in [0.1, 0.15) is 0 Å². The molecule has 4 rings (SSSR count). The van der Waals surface area contributed by atoms with Gasteiger partial charge in [-0.1, -0.05) is 66.0 Å². The second kappa shape index (κ2) is 10.8. The van der Waals surface area contributed by atoms with E-state index in [-0.39, 0.29) is 15.4 Å². The third kappa shape index (κ3) is 6.30. The standard InChI is InChI=1S/C28H23F3N2OS2/c1-27(2,24-15-9-10-16-32-24)33-26(34)25-22(35-20-11-5-3-6-12-20)17-19(28(29,30)31)18-23(25)36-21-13-7-4-8-14-21/h3-18H,1-2H3,(H,33,34). The van der Waals surface area contributed by atoms with E-state index in [0.717, 1.165) is 45.4 Å². The van der Waals surface area contributed by atoms with Crippen LogP contribution in [0.4, 0.5) is 13.2 Å². The first kappa shape index (κ1) is 25.9. The van der Waals surface area contributed by atoms with Gasteiger partial charge in [-0.15, -0.1) is 0 Å². The van der Waals surface area contributed by atoms with Crippen LogP contribution in [0.25, 0.3) is 0 Å². The second-order valence-electron chi connectivity index (χ2n) is 8.47. The molecule has 0 fully saturated rings. The molecule has 0 aliphatic rings. The number of alkyl halides is 3. The van der Waals surface area contributed by atoms with E-state index in [2.05, 4.69) is 10.3 Å². The van der Waals surface area contributed by atoms with Gasteiger partial charge >= 0.3 is 6.18 Å². The van der Waals surface area contributed by atoms with Crippen LogP contribution in [0.3, 0.4) is 0 Å². The lowest BCUT2D eigenvalue weighted by Gasteiger charge is -2.27. The third-order valence-electron chi connectivity index (χ3n) is 5.29. The Balaban J connectivity index is 1.84. The van der Waals surface area contributed by atoms with Crippen LogP contribution < -0.4 is 5.32 Å². The minimum Gasteiger partial charge on any atom is -0.341 e. The molecule has 0 radical (unpaired) electrons. The zero-order chi connectivity index (χ0) is 25.8. The van der Waals surface area contributed by atoms with Crippen LogP contribution >= 0.6 is 23.5 Å². The normalized spacial score (nSPS) is 11.8. The molecule has 0 saturated heterocycles. The molecule has 4 aromatic rings. The largest absolute Gasteiger partial charge is 0.416 e. The summed E-state index contributed by atoms with van der Waals surface area (Å²) in [5.41, 5.74) is -0.834. The molecule has 36 heavy (non-hydrogen) atoms. The molecule has 3 aromatic carbocycles. The van der Waals surface area contributed by atoms with E-state index in [9.17, 15) is 18.0 Å². The third-order valence-corrected chi connectivity index (χ3v) is 7.39. The van der Waals surface area contributed by atoms with Crippen molar-refractivity contribution in [3.05, 3.63) is 114 Å². The summed E-state index contributed by atoms with van der Waals surface area (Å²) in [6, 6.07) is 25.6. The Hall–Kier alpha value is -3.23. The molecule has 1 aromatic heterocycles. The zero-order valence-electron chi connectivity index (χ0n) is 19.5. The van der Waals surface area contributed by atoms with E-state index in [1.807, 2.05) is 32.0 Å². The lowest BCUT2D eigenvalue weighted by Crippen LogP contribution is -2.42. The van der Waals surface area contributed by atoms with Gasteiger partial charge < -0.3 is 5.32 Å². The number of halogens is 3.